The van der Waals surface area contributed by atoms with Crippen LogP contribution in [0, 0.1) is 0 Å². The number of likely N-dealkylation sites (N-methyl/N-ethyl adjacent to an activating group) is 1. The lowest BCUT2D eigenvalue weighted by atomic mass is 10.2. The van der Waals surface area contributed by atoms with Crippen LogP contribution in [-0.2, 0) is 24.5 Å². The van der Waals surface area contributed by atoms with E-state index in [9.17, 15) is 4.79 Å². The molecule has 0 saturated heterocycles. The molecular formula is C25H24N2O2. The van der Waals surface area contributed by atoms with E-state index in [0.717, 1.165) is 27.8 Å². The normalized spacial score (nSPS) is 10.8. The van der Waals surface area contributed by atoms with Gasteiger partial charge in [0.05, 0.1) is 5.52 Å². The van der Waals surface area contributed by atoms with Gasteiger partial charge in [0, 0.05) is 25.2 Å². The van der Waals surface area contributed by atoms with Crippen molar-refractivity contribution in [1.29, 1.82) is 0 Å². The first-order chi connectivity index (χ1) is 14.2. The third-order valence-corrected chi connectivity index (χ3v) is 5.00. The van der Waals surface area contributed by atoms with Gasteiger partial charge in [-0.2, -0.15) is 0 Å². The van der Waals surface area contributed by atoms with E-state index >= 15 is 0 Å². The van der Waals surface area contributed by atoms with Gasteiger partial charge in [-0.15, -0.1) is 0 Å². The third-order valence-electron chi connectivity index (χ3n) is 5.00. The van der Waals surface area contributed by atoms with E-state index in [1.165, 1.54) is 0 Å². The molecule has 0 saturated carbocycles. The van der Waals surface area contributed by atoms with Gasteiger partial charge in [0.1, 0.15) is 18.9 Å². The SMILES string of the molecule is CN(Cc1ccccc1)C(=O)Cn1ccc2c(OCc3ccccc3)cccc21. The van der Waals surface area contributed by atoms with Crippen molar-refractivity contribution in [2.24, 2.45) is 0 Å². The van der Waals surface area contributed by atoms with Crippen LogP contribution in [-0.4, -0.2) is 22.4 Å². The summed E-state index contributed by atoms with van der Waals surface area (Å²) in [5, 5.41) is 1.02. The van der Waals surface area contributed by atoms with Gasteiger partial charge < -0.3 is 14.2 Å². The second-order valence-electron chi connectivity index (χ2n) is 7.14. The van der Waals surface area contributed by atoms with Crippen LogP contribution in [0.25, 0.3) is 10.9 Å². The molecule has 29 heavy (non-hydrogen) atoms. The van der Waals surface area contributed by atoms with Crippen LogP contribution in [0.2, 0.25) is 0 Å². The van der Waals surface area contributed by atoms with Crippen molar-refractivity contribution in [2.75, 3.05) is 7.05 Å². The molecule has 3 aromatic carbocycles. The van der Waals surface area contributed by atoms with E-state index in [-0.39, 0.29) is 5.91 Å². The number of carbonyl (C=O) groups excluding carboxylic acids is 1. The zero-order valence-electron chi connectivity index (χ0n) is 16.5. The lowest BCUT2D eigenvalue weighted by Crippen LogP contribution is -2.29. The molecule has 0 spiro atoms. The summed E-state index contributed by atoms with van der Waals surface area (Å²) in [6.07, 6.45) is 1.95. The summed E-state index contributed by atoms with van der Waals surface area (Å²) < 4.78 is 8.02. The third kappa shape index (κ3) is 4.49. The quantitative estimate of drug-likeness (QED) is 0.455. The predicted molar refractivity (Wildman–Crippen MR) is 116 cm³/mol. The minimum atomic E-state index is 0.0713. The number of rotatable bonds is 7. The van der Waals surface area contributed by atoms with Crippen molar-refractivity contribution in [3.63, 3.8) is 0 Å². The number of benzene rings is 3. The van der Waals surface area contributed by atoms with Crippen molar-refractivity contribution >= 4 is 16.8 Å². The number of ether oxygens (including phenoxy) is 1. The highest BCUT2D eigenvalue weighted by atomic mass is 16.5. The molecule has 0 aliphatic rings. The Morgan fingerprint density at radius 3 is 2.28 bits per heavy atom. The molecule has 0 radical (unpaired) electrons. The van der Waals surface area contributed by atoms with E-state index in [0.29, 0.717) is 19.7 Å². The molecule has 0 atom stereocenters. The Kier molecular flexibility index (Phi) is 5.61. The van der Waals surface area contributed by atoms with E-state index in [1.54, 1.807) is 4.90 Å². The van der Waals surface area contributed by atoms with Gasteiger partial charge in [-0.3, -0.25) is 4.79 Å². The van der Waals surface area contributed by atoms with Crippen LogP contribution < -0.4 is 4.74 Å². The van der Waals surface area contributed by atoms with Gasteiger partial charge in [0.25, 0.3) is 0 Å². The van der Waals surface area contributed by atoms with Gasteiger partial charge >= 0.3 is 0 Å². The fourth-order valence-corrected chi connectivity index (χ4v) is 3.41. The molecule has 4 aromatic rings. The van der Waals surface area contributed by atoms with Crippen molar-refractivity contribution in [3.8, 4) is 5.75 Å². The second kappa shape index (κ2) is 8.65. The van der Waals surface area contributed by atoms with Crippen molar-refractivity contribution < 1.29 is 9.53 Å². The maximum Gasteiger partial charge on any atom is 0.242 e. The highest BCUT2D eigenvalue weighted by Crippen LogP contribution is 2.27. The summed E-state index contributed by atoms with van der Waals surface area (Å²) in [6, 6.07) is 28.1. The Hall–Kier alpha value is -3.53. The number of aromatic nitrogens is 1. The van der Waals surface area contributed by atoms with Gasteiger partial charge in [-0.25, -0.2) is 0 Å². The topological polar surface area (TPSA) is 34.5 Å². The Morgan fingerprint density at radius 1 is 0.862 bits per heavy atom. The Balaban J connectivity index is 1.46. The molecule has 0 aliphatic heterocycles. The van der Waals surface area contributed by atoms with Gasteiger partial charge in [0.15, 0.2) is 0 Å². The van der Waals surface area contributed by atoms with E-state index < -0.39 is 0 Å². The van der Waals surface area contributed by atoms with Gasteiger partial charge in [0.2, 0.25) is 5.91 Å². The summed E-state index contributed by atoms with van der Waals surface area (Å²) in [5.74, 6) is 0.900. The lowest BCUT2D eigenvalue weighted by molar-refractivity contribution is -0.131. The number of carbonyl (C=O) groups is 1. The molecule has 0 unspecified atom stereocenters. The van der Waals surface area contributed by atoms with E-state index in [4.69, 9.17) is 4.74 Å². The molecule has 4 nitrogen and oxygen atoms in total. The molecule has 4 rings (SSSR count). The molecule has 1 heterocycles. The zero-order chi connectivity index (χ0) is 20.1. The fourth-order valence-electron chi connectivity index (χ4n) is 3.41. The number of fused-ring (bicyclic) bond motifs is 1. The molecule has 0 aliphatic carbocycles. The average Bonchev–Trinajstić information content (AvgIpc) is 3.17. The van der Waals surface area contributed by atoms with E-state index in [2.05, 4.69) is 0 Å². The smallest absolute Gasteiger partial charge is 0.242 e. The average molecular weight is 384 g/mol. The van der Waals surface area contributed by atoms with Gasteiger partial charge in [-0.05, 0) is 29.3 Å². The standard InChI is InChI=1S/C25H24N2O2/c1-26(17-20-9-4-2-5-10-20)25(28)18-27-16-15-22-23(27)13-8-14-24(22)29-19-21-11-6-3-7-12-21/h2-16H,17-19H2,1H3. The maximum absolute atomic E-state index is 12.7. The van der Waals surface area contributed by atoms with Crippen molar-refractivity contribution in [2.45, 2.75) is 19.7 Å². The first-order valence-electron chi connectivity index (χ1n) is 9.73. The first-order valence-corrected chi connectivity index (χ1v) is 9.73. The number of amides is 1. The minimum Gasteiger partial charge on any atom is -0.488 e. The lowest BCUT2D eigenvalue weighted by Gasteiger charge is -2.18. The van der Waals surface area contributed by atoms with Crippen LogP contribution in [0.4, 0.5) is 0 Å². The van der Waals surface area contributed by atoms with Crippen LogP contribution in [0.3, 0.4) is 0 Å². The molecule has 0 N–H and O–H groups in total. The van der Waals surface area contributed by atoms with Crippen LogP contribution >= 0.6 is 0 Å². The second-order valence-corrected chi connectivity index (χ2v) is 7.14. The molecule has 1 amide bonds. The number of hydrogen-bond acceptors (Lipinski definition) is 2. The van der Waals surface area contributed by atoms with Crippen LogP contribution in [0.5, 0.6) is 5.75 Å². The predicted octanol–water partition coefficient (Wildman–Crippen LogP) is 4.88. The summed E-state index contributed by atoms with van der Waals surface area (Å²) in [7, 11) is 1.84. The molecule has 0 fully saturated rings. The van der Waals surface area contributed by atoms with Gasteiger partial charge in [-0.1, -0.05) is 66.7 Å². The molecule has 4 heteroatoms. The van der Waals surface area contributed by atoms with E-state index in [1.807, 2.05) is 103 Å². The van der Waals surface area contributed by atoms with Crippen LogP contribution in [0.1, 0.15) is 11.1 Å². The maximum atomic E-state index is 12.7. The minimum absolute atomic E-state index is 0.0713. The molecule has 1 aromatic heterocycles. The summed E-state index contributed by atoms with van der Waals surface area (Å²) >= 11 is 0. The Morgan fingerprint density at radius 2 is 1.55 bits per heavy atom. The van der Waals surface area contributed by atoms with Crippen molar-refractivity contribution in [1.82, 2.24) is 9.47 Å². The number of hydrogen-bond donors (Lipinski definition) is 0. The number of nitrogens with zero attached hydrogens (tertiary/aromatic N) is 2. The van der Waals surface area contributed by atoms with Crippen LogP contribution in [0.15, 0.2) is 91.1 Å². The largest absolute Gasteiger partial charge is 0.488 e. The molecular weight excluding hydrogens is 360 g/mol. The highest BCUT2D eigenvalue weighted by molar-refractivity contribution is 5.88. The highest BCUT2D eigenvalue weighted by Gasteiger charge is 2.13. The fraction of sp³-hybridized carbons (Fsp3) is 0.160. The summed E-state index contributed by atoms with van der Waals surface area (Å²) in [5.41, 5.74) is 3.25. The first kappa shape index (κ1) is 18.8. The summed E-state index contributed by atoms with van der Waals surface area (Å²) in [6.45, 7) is 1.42. The Bertz CT molecular complexity index is 1090. The van der Waals surface area contributed by atoms with Crippen molar-refractivity contribution in [3.05, 3.63) is 102 Å². The zero-order valence-corrected chi connectivity index (χ0v) is 16.5. The monoisotopic (exact) mass is 384 g/mol. The Labute approximate surface area is 171 Å². The summed E-state index contributed by atoms with van der Waals surface area (Å²) in [4.78, 5) is 14.5. The molecule has 0 bridgehead atoms. The molecule has 146 valence electrons.